The molecule has 5 rings (SSSR count). The summed E-state index contributed by atoms with van der Waals surface area (Å²) in [4.78, 5) is 17.5. The molecule has 170 valence electrons. The molecule has 1 unspecified atom stereocenters. The fourth-order valence-electron chi connectivity index (χ4n) is 3.50. The van der Waals surface area contributed by atoms with Gasteiger partial charge in [0.25, 0.3) is 5.56 Å². The van der Waals surface area contributed by atoms with Gasteiger partial charge in [-0.15, -0.1) is 0 Å². The van der Waals surface area contributed by atoms with Crippen LogP contribution in [-0.2, 0) is 0 Å². The van der Waals surface area contributed by atoms with Crippen molar-refractivity contribution in [3.63, 3.8) is 0 Å². The molecule has 1 aliphatic rings. The van der Waals surface area contributed by atoms with Crippen LogP contribution < -0.4 is 21.1 Å². The lowest BCUT2D eigenvalue weighted by molar-refractivity contribution is 0.435. The number of hydrazine groups is 1. The highest BCUT2D eigenvalue weighted by molar-refractivity contribution is 6.30. The molecule has 0 saturated heterocycles. The minimum Gasteiger partial charge on any atom is -0.458 e. The average molecular weight is 473 g/mol. The molecule has 0 saturated carbocycles. The molecule has 1 aliphatic carbocycles. The van der Waals surface area contributed by atoms with Crippen molar-refractivity contribution in [1.82, 2.24) is 24.8 Å². The van der Waals surface area contributed by atoms with Crippen molar-refractivity contribution in [3.8, 4) is 17.1 Å². The number of imidazole rings is 1. The fraction of sp³-hybridized carbons (Fsp3) is 0.0800. The standard InChI is InChI=1S/C25H21ClN6O2/c26-18-6-10-20(11-7-18)32-25(33)24(23(16-28-32)31-15-14-27-17-31)30-29-19-8-12-22(13-9-19)34-21-4-2-1-3-5-21/h1-8,10-17,19,29-30H,9H2. The van der Waals surface area contributed by atoms with Gasteiger partial charge in [-0.05, 0) is 55.0 Å². The van der Waals surface area contributed by atoms with E-state index in [2.05, 4.69) is 20.9 Å². The molecule has 2 aromatic carbocycles. The second kappa shape index (κ2) is 9.78. The van der Waals surface area contributed by atoms with Crippen LogP contribution in [0.2, 0.25) is 5.02 Å². The molecular formula is C25H21ClN6O2. The predicted molar refractivity (Wildman–Crippen MR) is 131 cm³/mol. The van der Waals surface area contributed by atoms with Crippen LogP contribution in [0.5, 0.6) is 5.75 Å². The van der Waals surface area contributed by atoms with E-state index in [9.17, 15) is 4.79 Å². The molecule has 2 aromatic heterocycles. The first kappa shape index (κ1) is 21.7. The number of hydrogen-bond acceptors (Lipinski definition) is 6. The maximum atomic E-state index is 13.4. The van der Waals surface area contributed by atoms with Crippen LogP contribution in [-0.4, -0.2) is 25.4 Å². The summed E-state index contributed by atoms with van der Waals surface area (Å²) in [6, 6.07) is 16.5. The van der Waals surface area contributed by atoms with Crippen molar-refractivity contribution in [2.45, 2.75) is 12.5 Å². The van der Waals surface area contributed by atoms with E-state index in [1.807, 2.05) is 48.6 Å². The fourth-order valence-corrected chi connectivity index (χ4v) is 3.62. The molecule has 8 nitrogen and oxygen atoms in total. The monoisotopic (exact) mass is 472 g/mol. The Morgan fingerprint density at radius 1 is 1.09 bits per heavy atom. The quantitative estimate of drug-likeness (QED) is 0.390. The van der Waals surface area contributed by atoms with E-state index in [0.29, 0.717) is 28.5 Å². The zero-order valence-corrected chi connectivity index (χ0v) is 18.8. The lowest BCUT2D eigenvalue weighted by atomic mass is 10.1. The Hall–Kier alpha value is -4.14. The topological polar surface area (TPSA) is 86.0 Å². The van der Waals surface area contributed by atoms with E-state index in [0.717, 1.165) is 11.5 Å². The summed E-state index contributed by atoms with van der Waals surface area (Å²) in [5.41, 5.74) is 7.53. The number of benzene rings is 2. The van der Waals surface area contributed by atoms with Crippen molar-refractivity contribution in [2.24, 2.45) is 0 Å². The van der Waals surface area contributed by atoms with E-state index in [-0.39, 0.29) is 11.6 Å². The molecule has 2 N–H and O–H groups in total. The Balaban J connectivity index is 1.35. The zero-order chi connectivity index (χ0) is 23.3. The van der Waals surface area contributed by atoms with Gasteiger partial charge in [-0.25, -0.2) is 10.4 Å². The minimum atomic E-state index is -0.315. The van der Waals surface area contributed by atoms with Gasteiger partial charge in [0.2, 0.25) is 0 Å². The SMILES string of the molecule is O=c1c(NNC2C=CC(Oc3ccccc3)=CC2)c(-n2ccnc2)cnn1-c1ccc(Cl)cc1. The zero-order valence-electron chi connectivity index (χ0n) is 18.0. The van der Waals surface area contributed by atoms with Crippen LogP contribution in [0.15, 0.2) is 108 Å². The third kappa shape index (κ3) is 4.78. The van der Waals surface area contributed by atoms with Gasteiger partial charge in [0.05, 0.1) is 23.9 Å². The van der Waals surface area contributed by atoms with Crippen LogP contribution in [0.1, 0.15) is 6.42 Å². The number of nitrogens with zero attached hydrogens (tertiary/aromatic N) is 4. The van der Waals surface area contributed by atoms with Gasteiger partial charge in [0, 0.05) is 23.5 Å². The lowest BCUT2D eigenvalue weighted by Crippen LogP contribution is -2.37. The average Bonchev–Trinajstić information content (AvgIpc) is 3.40. The van der Waals surface area contributed by atoms with Crippen molar-refractivity contribution in [3.05, 3.63) is 119 Å². The maximum absolute atomic E-state index is 13.4. The number of allylic oxidation sites excluding steroid dienone is 1. The molecule has 2 heterocycles. The number of anilines is 1. The molecule has 0 amide bonds. The van der Waals surface area contributed by atoms with Gasteiger partial charge in [-0.3, -0.25) is 4.79 Å². The largest absolute Gasteiger partial charge is 0.458 e. The first-order chi connectivity index (χ1) is 16.7. The molecular weight excluding hydrogens is 452 g/mol. The molecule has 1 atom stereocenters. The van der Waals surface area contributed by atoms with Crippen LogP contribution in [0, 0.1) is 0 Å². The van der Waals surface area contributed by atoms with Crippen LogP contribution in [0.25, 0.3) is 11.4 Å². The number of ether oxygens (including phenoxy) is 1. The molecule has 0 aliphatic heterocycles. The third-order valence-corrected chi connectivity index (χ3v) is 5.49. The van der Waals surface area contributed by atoms with Crippen LogP contribution >= 0.6 is 11.6 Å². The van der Waals surface area contributed by atoms with Gasteiger partial charge in [-0.1, -0.05) is 35.9 Å². The van der Waals surface area contributed by atoms with Crippen molar-refractivity contribution < 1.29 is 4.74 Å². The summed E-state index contributed by atoms with van der Waals surface area (Å²) in [5.74, 6) is 1.56. The summed E-state index contributed by atoms with van der Waals surface area (Å²) < 4.78 is 8.92. The van der Waals surface area contributed by atoms with Gasteiger partial charge in [0.1, 0.15) is 17.2 Å². The number of aromatic nitrogens is 4. The maximum Gasteiger partial charge on any atom is 0.298 e. The van der Waals surface area contributed by atoms with Crippen molar-refractivity contribution in [1.29, 1.82) is 0 Å². The lowest BCUT2D eigenvalue weighted by Gasteiger charge is -2.20. The predicted octanol–water partition coefficient (Wildman–Crippen LogP) is 4.28. The van der Waals surface area contributed by atoms with E-state index >= 15 is 0 Å². The van der Waals surface area contributed by atoms with Crippen LogP contribution in [0.4, 0.5) is 5.69 Å². The van der Waals surface area contributed by atoms with Crippen LogP contribution in [0.3, 0.4) is 0 Å². The number of rotatable bonds is 7. The molecule has 0 bridgehead atoms. The summed E-state index contributed by atoms with van der Waals surface area (Å²) in [6.45, 7) is 0. The Labute approximate surface area is 200 Å². The second-order valence-electron chi connectivity index (χ2n) is 7.56. The first-order valence-corrected chi connectivity index (χ1v) is 11.0. The van der Waals surface area contributed by atoms with E-state index in [1.165, 1.54) is 4.68 Å². The van der Waals surface area contributed by atoms with Gasteiger partial charge >= 0.3 is 0 Å². The highest BCUT2D eigenvalue weighted by atomic mass is 35.5. The smallest absolute Gasteiger partial charge is 0.298 e. The number of nitrogens with one attached hydrogen (secondary N) is 2. The number of hydrogen-bond donors (Lipinski definition) is 2. The van der Waals surface area contributed by atoms with Crippen molar-refractivity contribution >= 4 is 17.3 Å². The first-order valence-electron chi connectivity index (χ1n) is 10.7. The van der Waals surface area contributed by atoms with E-state index in [4.69, 9.17) is 16.3 Å². The Kier molecular flexibility index (Phi) is 6.24. The Morgan fingerprint density at radius 3 is 2.62 bits per heavy atom. The normalized spacial score (nSPS) is 15.1. The molecule has 4 aromatic rings. The molecule has 0 fully saturated rings. The number of para-hydroxylation sites is 1. The third-order valence-electron chi connectivity index (χ3n) is 5.24. The Bertz CT molecular complexity index is 1380. The second-order valence-corrected chi connectivity index (χ2v) is 8.00. The molecule has 0 radical (unpaired) electrons. The highest BCUT2D eigenvalue weighted by Gasteiger charge is 2.16. The van der Waals surface area contributed by atoms with E-state index < -0.39 is 0 Å². The van der Waals surface area contributed by atoms with E-state index in [1.54, 1.807) is 53.8 Å². The molecule has 0 spiro atoms. The minimum absolute atomic E-state index is 0.0460. The summed E-state index contributed by atoms with van der Waals surface area (Å²) in [7, 11) is 0. The van der Waals surface area contributed by atoms with Crippen molar-refractivity contribution in [2.75, 3.05) is 5.43 Å². The van der Waals surface area contributed by atoms with Gasteiger partial charge in [-0.2, -0.15) is 9.78 Å². The number of halogens is 1. The molecule has 9 heteroatoms. The summed E-state index contributed by atoms with van der Waals surface area (Å²) in [5, 5.41) is 4.93. The summed E-state index contributed by atoms with van der Waals surface area (Å²) >= 11 is 5.99. The molecule has 34 heavy (non-hydrogen) atoms. The Morgan fingerprint density at radius 2 is 1.91 bits per heavy atom. The highest BCUT2D eigenvalue weighted by Crippen LogP contribution is 2.19. The van der Waals surface area contributed by atoms with Gasteiger partial charge < -0.3 is 14.7 Å². The summed E-state index contributed by atoms with van der Waals surface area (Å²) in [6.07, 6.45) is 13.2. The van der Waals surface area contributed by atoms with Gasteiger partial charge in [0.15, 0.2) is 0 Å².